The minimum absolute atomic E-state index is 0.148. The van der Waals surface area contributed by atoms with Crippen LogP contribution in [-0.2, 0) is 5.75 Å². The van der Waals surface area contributed by atoms with Crippen molar-refractivity contribution in [1.82, 2.24) is 20.5 Å². The number of nitrogens with two attached hydrogens (primary N) is 1. The predicted molar refractivity (Wildman–Crippen MR) is 63.1 cm³/mol. The Labute approximate surface area is 102 Å². The zero-order valence-electron chi connectivity index (χ0n) is 9.58. The smallest absolute Gasteiger partial charge is 0.284 e. The predicted octanol–water partition coefficient (Wildman–Crippen LogP) is 1.73. The van der Waals surface area contributed by atoms with E-state index in [1.165, 1.54) is 0 Å². The van der Waals surface area contributed by atoms with E-state index in [9.17, 15) is 0 Å². The zero-order valence-corrected chi connectivity index (χ0v) is 10.4. The van der Waals surface area contributed by atoms with Gasteiger partial charge in [-0.25, -0.2) is 4.63 Å². The minimum atomic E-state index is 0.148. The van der Waals surface area contributed by atoms with Crippen LogP contribution in [-0.4, -0.2) is 25.7 Å². The SMILES string of the molecule is CCC(C)SCc1noc(-c2nonc2N)n1. The molecule has 0 aliphatic carbocycles. The maximum Gasteiger partial charge on any atom is 0.284 e. The van der Waals surface area contributed by atoms with Crippen molar-refractivity contribution in [2.45, 2.75) is 31.3 Å². The standard InChI is InChI=1S/C9H13N5O2S/c1-3-5(2)17-4-6-11-9(15-12-6)7-8(10)14-16-13-7/h5H,3-4H2,1-2H3,(H2,10,14). The lowest BCUT2D eigenvalue weighted by molar-refractivity contribution is 0.308. The van der Waals surface area contributed by atoms with E-state index in [0.29, 0.717) is 16.8 Å². The average molecular weight is 255 g/mol. The van der Waals surface area contributed by atoms with Crippen molar-refractivity contribution in [3.8, 4) is 11.6 Å². The molecule has 2 heterocycles. The van der Waals surface area contributed by atoms with Crippen LogP contribution in [0, 0.1) is 0 Å². The number of nitrogens with zero attached hydrogens (tertiary/aromatic N) is 4. The van der Waals surface area contributed by atoms with Crippen LogP contribution < -0.4 is 5.73 Å². The summed E-state index contributed by atoms with van der Waals surface area (Å²) < 4.78 is 9.51. The lowest BCUT2D eigenvalue weighted by Crippen LogP contribution is -1.95. The molecule has 1 atom stereocenters. The highest BCUT2D eigenvalue weighted by Gasteiger charge is 2.17. The molecule has 2 N–H and O–H groups in total. The number of aromatic nitrogens is 4. The van der Waals surface area contributed by atoms with E-state index in [1.54, 1.807) is 11.8 Å². The molecule has 1 unspecified atom stereocenters. The van der Waals surface area contributed by atoms with Crippen LogP contribution in [0.1, 0.15) is 26.1 Å². The number of nitrogen functional groups attached to an aromatic ring is 1. The second-order valence-electron chi connectivity index (χ2n) is 3.54. The van der Waals surface area contributed by atoms with Gasteiger partial charge in [-0.15, -0.1) is 0 Å². The highest BCUT2D eigenvalue weighted by molar-refractivity contribution is 7.99. The summed E-state index contributed by atoms with van der Waals surface area (Å²) >= 11 is 1.77. The molecule has 0 fully saturated rings. The lowest BCUT2D eigenvalue weighted by Gasteiger charge is -2.04. The summed E-state index contributed by atoms with van der Waals surface area (Å²) in [6.07, 6.45) is 1.11. The van der Waals surface area contributed by atoms with Gasteiger partial charge in [0.15, 0.2) is 5.82 Å². The van der Waals surface area contributed by atoms with Gasteiger partial charge in [0, 0.05) is 5.25 Å². The van der Waals surface area contributed by atoms with E-state index < -0.39 is 0 Å². The summed E-state index contributed by atoms with van der Waals surface area (Å²) in [5.74, 6) is 1.70. The van der Waals surface area contributed by atoms with E-state index in [4.69, 9.17) is 10.3 Å². The van der Waals surface area contributed by atoms with Gasteiger partial charge in [0.2, 0.25) is 11.5 Å². The molecule has 8 heteroatoms. The molecular weight excluding hydrogens is 242 g/mol. The van der Waals surface area contributed by atoms with Crippen LogP contribution in [0.2, 0.25) is 0 Å². The first kappa shape index (κ1) is 11.9. The first-order valence-electron chi connectivity index (χ1n) is 5.23. The van der Waals surface area contributed by atoms with Crippen molar-refractivity contribution in [2.24, 2.45) is 0 Å². The molecule has 0 radical (unpaired) electrons. The van der Waals surface area contributed by atoms with Gasteiger partial charge in [-0.2, -0.15) is 16.7 Å². The van der Waals surface area contributed by atoms with Crippen molar-refractivity contribution >= 4 is 17.6 Å². The van der Waals surface area contributed by atoms with Crippen LogP contribution in [0.5, 0.6) is 0 Å². The monoisotopic (exact) mass is 255 g/mol. The summed E-state index contributed by atoms with van der Waals surface area (Å²) in [6.45, 7) is 4.30. The average Bonchev–Trinajstić information content (AvgIpc) is 2.94. The quantitative estimate of drug-likeness (QED) is 0.861. The summed E-state index contributed by atoms with van der Waals surface area (Å²) in [5.41, 5.74) is 5.81. The van der Waals surface area contributed by atoms with Crippen LogP contribution >= 0.6 is 11.8 Å². The Balaban J connectivity index is 2.04. The van der Waals surface area contributed by atoms with E-state index in [-0.39, 0.29) is 17.4 Å². The Morgan fingerprint density at radius 3 is 2.82 bits per heavy atom. The van der Waals surface area contributed by atoms with Gasteiger partial charge < -0.3 is 10.3 Å². The van der Waals surface area contributed by atoms with Gasteiger partial charge >= 0.3 is 0 Å². The third-order valence-electron chi connectivity index (χ3n) is 2.26. The molecule has 0 saturated heterocycles. The Bertz CT molecular complexity index is 483. The second kappa shape index (κ2) is 5.17. The van der Waals surface area contributed by atoms with Gasteiger partial charge in [0.25, 0.3) is 5.89 Å². The molecule has 17 heavy (non-hydrogen) atoms. The van der Waals surface area contributed by atoms with Crippen LogP contribution in [0.15, 0.2) is 9.15 Å². The Morgan fingerprint density at radius 2 is 2.18 bits per heavy atom. The number of rotatable bonds is 5. The fourth-order valence-electron chi connectivity index (χ4n) is 1.09. The molecular formula is C9H13N5O2S. The Hall–Kier alpha value is -1.57. The third kappa shape index (κ3) is 2.76. The molecule has 0 aliphatic heterocycles. The highest BCUT2D eigenvalue weighted by atomic mass is 32.2. The molecule has 0 aliphatic rings. The third-order valence-corrected chi connectivity index (χ3v) is 3.58. The summed E-state index contributed by atoms with van der Waals surface area (Å²) in [7, 11) is 0. The molecule has 2 aromatic heterocycles. The minimum Gasteiger partial charge on any atom is -0.379 e. The van der Waals surface area contributed by atoms with Gasteiger partial charge in [-0.1, -0.05) is 19.0 Å². The van der Waals surface area contributed by atoms with Crippen LogP contribution in [0.25, 0.3) is 11.6 Å². The van der Waals surface area contributed by atoms with Gasteiger partial charge in [0.05, 0.1) is 5.75 Å². The summed E-state index contributed by atoms with van der Waals surface area (Å²) in [4.78, 5) is 4.18. The second-order valence-corrected chi connectivity index (χ2v) is 4.97. The highest BCUT2D eigenvalue weighted by Crippen LogP contribution is 2.22. The Kier molecular flexibility index (Phi) is 3.62. The van der Waals surface area contributed by atoms with Crippen LogP contribution in [0.4, 0.5) is 5.82 Å². The molecule has 0 aromatic carbocycles. The molecule has 0 spiro atoms. The normalized spacial score (nSPS) is 12.8. The van der Waals surface area contributed by atoms with E-state index >= 15 is 0 Å². The van der Waals surface area contributed by atoms with Gasteiger partial charge in [-0.05, 0) is 16.7 Å². The molecule has 2 aromatic rings. The van der Waals surface area contributed by atoms with Gasteiger partial charge in [0.1, 0.15) is 0 Å². The topological polar surface area (TPSA) is 104 Å². The Morgan fingerprint density at radius 1 is 1.35 bits per heavy atom. The van der Waals surface area contributed by atoms with Crippen molar-refractivity contribution in [3.63, 3.8) is 0 Å². The largest absolute Gasteiger partial charge is 0.379 e. The summed E-state index contributed by atoms with van der Waals surface area (Å²) in [6, 6.07) is 0. The molecule has 0 bridgehead atoms. The van der Waals surface area contributed by atoms with Crippen molar-refractivity contribution in [1.29, 1.82) is 0 Å². The fraction of sp³-hybridized carbons (Fsp3) is 0.556. The lowest BCUT2D eigenvalue weighted by atomic mass is 10.4. The number of hydrogen-bond donors (Lipinski definition) is 1. The number of anilines is 1. The van der Waals surface area contributed by atoms with E-state index in [0.717, 1.165) is 6.42 Å². The van der Waals surface area contributed by atoms with E-state index in [2.05, 4.69) is 38.9 Å². The van der Waals surface area contributed by atoms with Gasteiger partial charge in [-0.3, -0.25) is 0 Å². The fourth-order valence-corrected chi connectivity index (χ4v) is 1.87. The summed E-state index contributed by atoms with van der Waals surface area (Å²) in [5, 5.41) is 11.5. The van der Waals surface area contributed by atoms with Crippen molar-refractivity contribution < 1.29 is 9.15 Å². The molecule has 92 valence electrons. The first-order chi connectivity index (χ1) is 8.20. The zero-order chi connectivity index (χ0) is 12.3. The molecule has 2 rings (SSSR count). The van der Waals surface area contributed by atoms with Crippen molar-refractivity contribution in [2.75, 3.05) is 5.73 Å². The van der Waals surface area contributed by atoms with Crippen LogP contribution in [0.3, 0.4) is 0 Å². The maximum absolute atomic E-state index is 5.53. The maximum atomic E-state index is 5.53. The number of thioether (sulfide) groups is 1. The van der Waals surface area contributed by atoms with E-state index in [1.807, 2.05) is 0 Å². The molecule has 0 saturated carbocycles. The first-order valence-corrected chi connectivity index (χ1v) is 6.28. The number of hydrogen-bond acceptors (Lipinski definition) is 8. The molecule has 7 nitrogen and oxygen atoms in total. The molecule has 0 amide bonds. The van der Waals surface area contributed by atoms with Crippen molar-refractivity contribution in [3.05, 3.63) is 5.82 Å².